The van der Waals surface area contributed by atoms with Gasteiger partial charge in [0, 0.05) is 26.2 Å². The van der Waals surface area contributed by atoms with E-state index in [9.17, 15) is 23.1 Å². The molecule has 3 rings (SSSR count). The highest BCUT2D eigenvalue weighted by atomic mass is 32.2. The van der Waals surface area contributed by atoms with Crippen LogP contribution in [0.2, 0.25) is 0 Å². The van der Waals surface area contributed by atoms with Crippen molar-refractivity contribution in [2.45, 2.75) is 56.8 Å². The number of hydrogen-bond donors (Lipinski definition) is 1. The van der Waals surface area contributed by atoms with Gasteiger partial charge in [0.05, 0.1) is 16.7 Å². The van der Waals surface area contributed by atoms with E-state index in [-0.39, 0.29) is 23.9 Å². The Kier molecular flexibility index (Phi) is 7.18. The topological polar surface area (TPSA) is 95.0 Å². The van der Waals surface area contributed by atoms with Crippen molar-refractivity contribution in [3.05, 3.63) is 29.8 Å². The Hall–Kier alpha value is -1.93. The lowest BCUT2D eigenvalue weighted by atomic mass is 9.78. The number of nitrogens with zero attached hydrogens (tertiary/aromatic N) is 2. The van der Waals surface area contributed by atoms with Gasteiger partial charge < -0.3 is 10.0 Å². The molecule has 3 atom stereocenters. The average molecular weight is 437 g/mol. The van der Waals surface area contributed by atoms with Crippen molar-refractivity contribution in [1.29, 1.82) is 0 Å². The van der Waals surface area contributed by atoms with Gasteiger partial charge in [0.25, 0.3) is 0 Å². The zero-order valence-corrected chi connectivity index (χ0v) is 18.6. The minimum Gasteiger partial charge on any atom is -0.481 e. The largest absolute Gasteiger partial charge is 0.481 e. The first-order valence-corrected chi connectivity index (χ1v) is 12.3. The van der Waals surface area contributed by atoms with Gasteiger partial charge in [0.2, 0.25) is 15.9 Å². The first kappa shape index (κ1) is 22.7. The Bertz CT molecular complexity index is 860. The van der Waals surface area contributed by atoms with E-state index in [1.807, 2.05) is 12.1 Å². The van der Waals surface area contributed by atoms with E-state index in [2.05, 4.69) is 13.8 Å². The van der Waals surface area contributed by atoms with Crippen LogP contribution in [0.1, 0.15) is 57.4 Å². The molecule has 2 fully saturated rings. The summed E-state index contributed by atoms with van der Waals surface area (Å²) < 4.78 is 27.4. The van der Waals surface area contributed by atoms with Gasteiger partial charge >= 0.3 is 5.97 Å². The van der Waals surface area contributed by atoms with E-state index in [1.165, 1.54) is 4.31 Å². The van der Waals surface area contributed by atoms with E-state index in [1.54, 1.807) is 17.0 Å². The van der Waals surface area contributed by atoms with Gasteiger partial charge in [-0.2, -0.15) is 4.31 Å². The summed E-state index contributed by atoms with van der Waals surface area (Å²) in [7, 11) is -3.61. The zero-order chi connectivity index (χ0) is 21.9. The molecule has 1 aliphatic carbocycles. The minimum absolute atomic E-state index is 0.142. The van der Waals surface area contributed by atoms with Gasteiger partial charge in [-0.3, -0.25) is 9.59 Å². The summed E-state index contributed by atoms with van der Waals surface area (Å²) >= 11 is 0. The number of aliphatic carboxylic acids is 1. The number of amides is 1. The van der Waals surface area contributed by atoms with E-state index in [0.717, 1.165) is 24.8 Å². The Morgan fingerprint density at radius 1 is 1.03 bits per heavy atom. The summed E-state index contributed by atoms with van der Waals surface area (Å²) in [6.07, 6.45) is 3.82. The maximum absolute atomic E-state index is 13.0. The third kappa shape index (κ3) is 4.70. The van der Waals surface area contributed by atoms with Gasteiger partial charge in [0.1, 0.15) is 0 Å². The lowest BCUT2D eigenvalue weighted by Gasteiger charge is -2.38. The summed E-state index contributed by atoms with van der Waals surface area (Å²) in [6, 6.07) is 7.06. The summed E-state index contributed by atoms with van der Waals surface area (Å²) in [6.45, 7) is 5.26. The second-order valence-electron chi connectivity index (χ2n) is 8.44. The molecular weight excluding hydrogens is 404 g/mol. The van der Waals surface area contributed by atoms with Crippen molar-refractivity contribution in [3.63, 3.8) is 0 Å². The van der Waals surface area contributed by atoms with Crippen LogP contribution in [0.4, 0.5) is 0 Å². The average Bonchev–Trinajstić information content (AvgIpc) is 2.78. The highest BCUT2D eigenvalue weighted by Gasteiger charge is 2.39. The molecule has 1 aliphatic heterocycles. The van der Waals surface area contributed by atoms with Gasteiger partial charge in [-0.25, -0.2) is 8.42 Å². The molecule has 0 spiro atoms. The number of carbonyl (C=O) groups is 2. The van der Waals surface area contributed by atoms with Gasteiger partial charge in [0.15, 0.2) is 0 Å². The lowest BCUT2D eigenvalue weighted by Crippen LogP contribution is -2.53. The molecule has 0 unspecified atom stereocenters. The second kappa shape index (κ2) is 9.47. The van der Waals surface area contributed by atoms with Crippen LogP contribution >= 0.6 is 0 Å². The molecule has 0 radical (unpaired) electrons. The molecule has 7 nitrogen and oxygen atoms in total. The van der Waals surface area contributed by atoms with E-state index in [0.29, 0.717) is 31.8 Å². The first-order valence-electron chi connectivity index (χ1n) is 10.9. The summed E-state index contributed by atoms with van der Waals surface area (Å²) in [4.78, 5) is 26.4. The molecule has 30 heavy (non-hydrogen) atoms. The van der Waals surface area contributed by atoms with E-state index >= 15 is 0 Å². The standard InChI is InChI=1S/C22H32N2O5S/c1-3-16(2)17-8-10-18(11-9-17)30(28,29)24-14-12-23(13-15-24)21(25)19-6-4-5-7-20(19)22(26)27/h8-11,16,19-20H,3-7,12-15H2,1-2H3,(H,26,27)/t16-,19+,20+/m0/s1. The molecule has 1 saturated carbocycles. The molecule has 1 aromatic rings. The zero-order valence-electron chi connectivity index (χ0n) is 17.8. The van der Waals surface area contributed by atoms with Gasteiger partial charge in [-0.15, -0.1) is 0 Å². The Balaban J connectivity index is 1.64. The Morgan fingerprint density at radius 3 is 2.13 bits per heavy atom. The molecule has 2 aliphatic rings. The number of carbonyl (C=O) groups excluding carboxylic acids is 1. The molecule has 1 heterocycles. The molecule has 1 saturated heterocycles. The predicted molar refractivity (Wildman–Crippen MR) is 114 cm³/mol. The van der Waals surface area contributed by atoms with Gasteiger partial charge in [-0.05, 0) is 42.9 Å². The fraction of sp³-hybridized carbons (Fsp3) is 0.636. The fourth-order valence-electron chi connectivity index (χ4n) is 4.46. The van der Waals surface area contributed by atoms with Crippen LogP contribution in [-0.2, 0) is 19.6 Å². The van der Waals surface area contributed by atoms with E-state index < -0.39 is 27.8 Å². The van der Waals surface area contributed by atoms with Crippen molar-refractivity contribution in [1.82, 2.24) is 9.21 Å². The van der Waals surface area contributed by atoms with Crippen molar-refractivity contribution in [3.8, 4) is 0 Å². The molecule has 1 amide bonds. The molecule has 1 N–H and O–H groups in total. The first-order chi connectivity index (χ1) is 14.3. The fourth-order valence-corrected chi connectivity index (χ4v) is 5.88. The van der Waals surface area contributed by atoms with Crippen LogP contribution < -0.4 is 0 Å². The van der Waals surface area contributed by atoms with Gasteiger partial charge in [-0.1, -0.05) is 38.8 Å². The number of sulfonamides is 1. The maximum Gasteiger partial charge on any atom is 0.307 e. The Labute approximate surface area is 179 Å². The highest BCUT2D eigenvalue weighted by Crippen LogP contribution is 2.32. The normalized spacial score (nSPS) is 24.4. The number of piperazine rings is 1. The van der Waals surface area contributed by atoms with Crippen molar-refractivity contribution in [2.75, 3.05) is 26.2 Å². The molecular formula is C22H32N2O5S. The molecule has 166 valence electrons. The maximum atomic E-state index is 13.0. The lowest BCUT2D eigenvalue weighted by molar-refractivity contribution is -0.152. The van der Waals surface area contributed by atoms with Crippen molar-refractivity contribution < 1.29 is 23.1 Å². The summed E-state index contributed by atoms with van der Waals surface area (Å²) in [5.74, 6) is -1.79. The predicted octanol–water partition coefficient (Wildman–Crippen LogP) is 2.92. The van der Waals surface area contributed by atoms with Crippen LogP contribution in [0, 0.1) is 11.8 Å². The molecule has 0 aromatic heterocycles. The second-order valence-corrected chi connectivity index (χ2v) is 10.4. The third-order valence-corrected chi connectivity index (χ3v) is 8.56. The number of benzene rings is 1. The number of carboxylic acid groups (broad SMARTS) is 1. The summed E-state index contributed by atoms with van der Waals surface area (Å²) in [5.41, 5.74) is 1.12. The van der Waals surface area contributed by atoms with E-state index in [4.69, 9.17) is 0 Å². The molecule has 8 heteroatoms. The van der Waals surface area contributed by atoms with Crippen molar-refractivity contribution >= 4 is 21.9 Å². The van der Waals surface area contributed by atoms with Crippen molar-refractivity contribution in [2.24, 2.45) is 11.8 Å². The number of rotatable bonds is 6. The quantitative estimate of drug-likeness (QED) is 0.740. The molecule has 0 bridgehead atoms. The van der Waals surface area contributed by atoms with Crippen LogP contribution in [-0.4, -0.2) is 60.8 Å². The molecule has 1 aromatic carbocycles. The minimum atomic E-state index is -3.61. The van der Waals surface area contributed by atoms with Crippen LogP contribution in [0.15, 0.2) is 29.2 Å². The third-order valence-electron chi connectivity index (χ3n) is 6.65. The number of carboxylic acids is 1. The van der Waals surface area contributed by atoms with Crippen LogP contribution in [0.3, 0.4) is 0 Å². The smallest absolute Gasteiger partial charge is 0.307 e. The SMILES string of the molecule is CC[C@H](C)c1ccc(S(=O)(=O)N2CCN(C(=O)[C@@H]3CCCC[C@H]3C(=O)O)CC2)cc1. The Morgan fingerprint density at radius 2 is 1.60 bits per heavy atom. The highest BCUT2D eigenvalue weighted by molar-refractivity contribution is 7.89. The van der Waals surface area contributed by atoms with Crippen LogP contribution in [0.25, 0.3) is 0 Å². The number of hydrogen-bond acceptors (Lipinski definition) is 4. The monoisotopic (exact) mass is 436 g/mol. The van der Waals surface area contributed by atoms with Crippen LogP contribution in [0.5, 0.6) is 0 Å². The summed E-state index contributed by atoms with van der Waals surface area (Å²) in [5, 5.41) is 9.44.